The van der Waals surface area contributed by atoms with Crippen LogP contribution in [0.15, 0.2) is 49.1 Å². The van der Waals surface area contributed by atoms with E-state index in [1.165, 1.54) is 50.2 Å². The molecule has 0 heterocycles. The average molecular weight is 355 g/mol. The number of hydrogen-bond donors (Lipinski definition) is 0. The second-order valence-electron chi connectivity index (χ2n) is 7.45. The van der Waals surface area contributed by atoms with E-state index in [1.54, 1.807) is 0 Å². The second-order valence-corrected chi connectivity index (χ2v) is 7.45. The molecule has 0 unspecified atom stereocenters. The predicted molar refractivity (Wildman–Crippen MR) is 110 cm³/mol. The molecule has 0 spiro atoms. The fraction of sp³-hybridized carbons (Fsp3) is 0.542. The van der Waals surface area contributed by atoms with Crippen LogP contribution >= 0.6 is 0 Å². The summed E-state index contributed by atoms with van der Waals surface area (Å²) in [6, 6.07) is 8.22. The number of hydrogen-bond acceptors (Lipinski definition) is 2. The van der Waals surface area contributed by atoms with E-state index in [9.17, 15) is 4.79 Å². The van der Waals surface area contributed by atoms with E-state index in [4.69, 9.17) is 4.74 Å². The van der Waals surface area contributed by atoms with Crippen molar-refractivity contribution in [3.05, 3.63) is 54.6 Å². The summed E-state index contributed by atoms with van der Waals surface area (Å²) < 4.78 is 5.58. The fourth-order valence-corrected chi connectivity index (χ4v) is 3.74. The minimum absolute atomic E-state index is 0.0206. The minimum atomic E-state index is 0.0206. The molecule has 1 aromatic rings. The van der Waals surface area contributed by atoms with Crippen LogP contribution in [0.5, 0.6) is 5.75 Å². The molecule has 2 rings (SSSR count). The number of benzene rings is 1. The van der Waals surface area contributed by atoms with Crippen LogP contribution in [0.2, 0.25) is 0 Å². The highest BCUT2D eigenvalue weighted by Crippen LogP contribution is 2.32. The molecule has 0 atom stereocenters. The van der Waals surface area contributed by atoms with Crippen molar-refractivity contribution in [2.45, 2.75) is 64.7 Å². The summed E-state index contributed by atoms with van der Waals surface area (Å²) in [7, 11) is 0. The van der Waals surface area contributed by atoms with E-state index in [-0.39, 0.29) is 5.78 Å². The monoisotopic (exact) mass is 354 g/mol. The standard InChI is InChI=1S/C24H34O2/c1-3-7-20-10-12-21(13-11-20)8-5-6-9-22-14-16-24(17-15-22)26-19-18-23(25)4-2/h4-5,8,14-17,20-21H,2-3,6-7,9-13,18-19H2,1H3/b8-5+. The number of allylic oxidation sites excluding steroid dienone is 3. The van der Waals surface area contributed by atoms with Crippen LogP contribution in [0.4, 0.5) is 0 Å². The Balaban J connectivity index is 1.63. The number of carbonyl (C=O) groups is 1. The lowest BCUT2D eigenvalue weighted by atomic mass is 9.80. The van der Waals surface area contributed by atoms with Gasteiger partial charge in [-0.25, -0.2) is 0 Å². The first-order valence-electron chi connectivity index (χ1n) is 10.2. The number of ether oxygens (including phenoxy) is 1. The van der Waals surface area contributed by atoms with E-state index < -0.39 is 0 Å². The van der Waals surface area contributed by atoms with Crippen LogP contribution in [0.3, 0.4) is 0 Å². The number of rotatable bonds is 11. The molecule has 0 bridgehead atoms. The lowest BCUT2D eigenvalue weighted by molar-refractivity contribution is -0.115. The molecule has 0 aliphatic heterocycles. The Bertz CT molecular complexity index is 562. The van der Waals surface area contributed by atoms with Gasteiger partial charge in [-0.1, -0.05) is 50.6 Å². The molecule has 1 fully saturated rings. The number of aryl methyl sites for hydroxylation is 1. The third-order valence-electron chi connectivity index (χ3n) is 5.36. The number of ketones is 1. The Morgan fingerprint density at radius 2 is 1.92 bits per heavy atom. The summed E-state index contributed by atoms with van der Waals surface area (Å²) in [5.41, 5.74) is 1.33. The molecule has 1 saturated carbocycles. The maximum atomic E-state index is 11.2. The smallest absolute Gasteiger partial charge is 0.158 e. The third kappa shape index (κ3) is 7.59. The predicted octanol–water partition coefficient (Wildman–Crippen LogP) is 6.31. The van der Waals surface area contributed by atoms with Crippen molar-refractivity contribution < 1.29 is 9.53 Å². The SMILES string of the molecule is C=CC(=O)CCOc1ccc(CC/C=C/C2CCC(CCC)CC2)cc1. The molecule has 2 nitrogen and oxygen atoms in total. The van der Waals surface area contributed by atoms with Crippen LogP contribution in [0, 0.1) is 11.8 Å². The van der Waals surface area contributed by atoms with E-state index in [2.05, 4.69) is 37.8 Å². The lowest BCUT2D eigenvalue weighted by Crippen LogP contribution is -2.12. The average Bonchev–Trinajstić information content (AvgIpc) is 2.67. The fourth-order valence-electron chi connectivity index (χ4n) is 3.74. The zero-order valence-corrected chi connectivity index (χ0v) is 16.3. The van der Waals surface area contributed by atoms with Gasteiger partial charge in [0.2, 0.25) is 0 Å². The molecule has 1 aromatic carbocycles. The zero-order valence-electron chi connectivity index (χ0n) is 16.3. The van der Waals surface area contributed by atoms with Crippen molar-refractivity contribution in [1.29, 1.82) is 0 Å². The Kier molecular flexibility index (Phi) is 9.23. The van der Waals surface area contributed by atoms with Crippen molar-refractivity contribution >= 4 is 5.78 Å². The first-order valence-corrected chi connectivity index (χ1v) is 10.2. The Labute approximate surface area is 159 Å². The first-order chi connectivity index (χ1) is 12.7. The van der Waals surface area contributed by atoms with Crippen LogP contribution < -0.4 is 4.74 Å². The van der Waals surface area contributed by atoms with Gasteiger partial charge >= 0.3 is 0 Å². The maximum absolute atomic E-state index is 11.2. The van der Waals surface area contributed by atoms with E-state index >= 15 is 0 Å². The van der Waals surface area contributed by atoms with Crippen molar-refractivity contribution in [3.8, 4) is 5.75 Å². The van der Waals surface area contributed by atoms with Crippen molar-refractivity contribution in [1.82, 2.24) is 0 Å². The summed E-state index contributed by atoms with van der Waals surface area (Å²) in [5, 5.41) is 0. The summed E-state index contributed by atoms with van der Waals surface area (Å²) in [5.74, 6) is 2.63. The van der Waals surface area contributed by atoms with Gasteiger partial charge in [-0.15, -0.1) is 0 Å². The third-order valence-corrected chi connectivity index (χ3v) is 5.36. The minimum Gasteiger partial charge on any atom is -0.493 e. The number of carbonyl (C=O) groups excluding carboxylic acids is 1. The van der Waals surface area contributed by atoms with E-state index in [0.29, 0.717) is 13.0 Å². The van der Waals surface area contributed by atoms with Crippen LogP contribution in [0.1, 0.15) is 63.9 Å². The van der Waals surface area contributed by atoms with E-state index in [0.717, 1.165) is 30.4 Å². The van der Waals surface area contributed by atoms with Gasteiger partial charge < -0.3 is 4.74 Å². The van der Waals surface area contributed by atoms with Gasteiger partial charge in [-0.3, -0.25) is 4.79 Å². The van der Waals surface area contributed by atoms with Crippen molar-refractivity contribution in [2.75, 3.05) is 6.61 Å². The molecule has 0 saturated heterocycles. The molecule has 1 aliphatic rings. The summed E-state index contributed by atoms with van der Waals surface area (Å²) in [6.45, 7) is 6.17. The van der Waals surface area contributed by atoms with Gasteiger partial charge in [0.1, 0.15) is 5.75 Å². The second kappa shape index (κ2) is 11.7. The summed E-state index contributed by atoms with van der Waals surface area (Å²) in [4.78, 5) is 11.2. The Morgan fingerprint density at radius 1 is 1.19 bits per heavy atom. The first kappa shape index (κ1) is 20.5. The van der Waals surface area contributed by atoms with Gasteiger partial charge in [0.05, 0.1) is 6.61 Å². The topological polar surface area (TPSA) is 26.3 Å². The van der Waals surface area contributed by atoms with Crippen molar-refractivity contribution in [3.63, 3.8) is 0 Å². The Morgan fingerprint density at radius 3 is 2.58 bits per heavy atom. The van der Waals surface area contributed by atoms with Gasteiger partial charge in [0, 0.05) is 6.42 Å². The molecular formula is C24H34O2. The highest BCUT2D eigenvalue weighted by molar-refractivity contribution is 5.89. The van der Waals surface area contributed by atoms with Gasteiger partial charge in [0.15, 0.2) is 5.78 Å². The zero-order chi connectivity index (χ0) is 18.6. The van der Waals surface area contributed by atoms with Crippen molar-refractivity contribution in [2.24, 2.45) is 11.8 Å². The molecule has 26 heavy (non-hydrogen) atoms. The van der Waals surface area contributed by atoms with Gasteiger partial charge in [-0.2, -0.15) is 0 Å². The van der Waals surface area contributed by atoms with E-state index in [1.807, 2.05) is 12.1 Å². The lowest BCUT2D eigenvalue weighted by Gasteiger charge is -2.26. The van der Waals surface area contributed by atoms with Gasteiger partial charge in [-0.05, 0) is 74.1 Å². The molecule has 0 radical (unpaired) electrons. The molecule has 142 valence electrons. The van der Waals surface area contributed by atoms with Crippen LogP contribution in [-0.4, -0.2) is 12.4 Å². The quantitative estimate of drug-likeness (QED) is 0.344. The van der Waals surface area contributed by atoms with Gasteiger partial charge in [0.25, 0.3) is 0 Å². The maximum Gasteiger partial charge on any atom is 0.158 e. The highest BCUT2D eigenvalue weighted by Gasteiger charge is 2.18. The largest absolute Gasteiger partial charge is 0.493 e. The highest BCUT2D eigenvalue weighted by atomic mass is 16.5. The normalized spacial score (nSPS) is 20.2. The molecule has 0 N–H and O–H groups in total. The molecular weight excluding hydrogens is 320 g/mol. The molecule has 2 heteroatoms. The van der Waals surface area contributed by atoms with Crippen LogP contribution in [0.25, 0.3) is 0 Å². The molecule has 1 aliphatic carbocycles. The summed E-state index contributed by atoms with van der Waals surface area (Å²) in [6.07, 6.45) is 17.1. The molecule has 0 aromatic heterocycles. The van der Waals surface area contributed by atoms with Crippen LogP contribution in [-0.2, 0) is 11.2 Å². The summed E-state index contributed by atoms with van der Waals surface area (Å²) >= 11 is 0. The molecule has 0 amide bonds. The Hall–Kier alpha value is -1.83.